The summed E-state index contributed by atoms with van der Waals surface area (Å²) in [6.07, 6.45) is 0. The van der Waals surface area contributed by atoms with Gasteiger partial charge in [-0.15, -0.1) is 0 Å². The van der Waals surface area contributed by atoms with Crippen LogP contribution in [0.5, 0.6) is 0 Å². The molecule has 1 N–H and O–H groups in total. The van der Waals surface area contributed by atoms with Crippen LogP contribution in [0.4, 0.5) is 5.69 Å². The van der Waals surface area contributed by atoms with Crippen molar-refractivity contribution in [3.8, 4) is 0 Å². The summed E-state index contributed by atoms with van der Waals surface area (Å²) >= 11 is 7.79. The third kappa shape index (κ3) is 5.17. The maximum atomic E-state index is 5.86. The Balaban J connectivity index is 1.64. The molecule has 1 nitrogen and oxygen atoms in total. The van der Waals surface area contributed by atoms with Gasteiger partial charge in [0.2, 0.25) is 0 Å². The second kappa shape index (κ2) is 7.46. The summed E-state index contributed by atoms with van der Waals surface area (Å²) in [4.78, 5) is 0. The zero-order valence-corrected chi connectivity index (χ0v) is 12.6. The van der Waals surface area contributed by atoms with Crippen LogP contribution < -0.4 is 5.32 Å². The summed E-state index contributed by atoms with van der Waals surface area (Å²) < 4.78 is 0. The molecule has 0 aliphatic rings. The van der Waals surface area contributed by atoms with Gasteiger partial charge in [0, 0.05) is 28.8 Å². The van der Waals surface area contributed by atoms with Crippen LogP contribution in [0.25, 0.3) is 0 Å². The first-order chi connectivity index (χ1) is 9.24. The van der Waals surface area contributed by atoms with Crippen LogP contribution in [0.1, 0.15) is 11.1 Å². The second-order valence-electron chi connectivity index (χ2n) is 4.47. The molecule has 0 atom stereocenters. The molecule has 0 saturated heterocycles. The molecule has 0 spiro atoms. The van der Waals surface area contributed by atoms with Gasteiger partial charge in [0.1, 0.15) is 0 Å². The molecule has 0 heterocycles. The quantitative estimate of drug-likeness (QED) is 0.752. The average molecular weight is 292 g/mol. The Labute approximate surface area is 124 Å². The predicted molar refractivity (Wildman–Crippen MR) is 87.3 cm³/mol. The average Bonchev–Trinajstić information content (AvgIpc) is 2.43. The maximum Gasteiger partial charge on any atom is 0.0406 e. The molecule has 0 fully saturated rings. The van der Waals surface area contributed by atoms with Gasteiger partial charge in [-0.1, -0.05) is 41.4 Å². The van der Waals surface area contributed by atoms with E-state index >= 15 is 0 Å². The largest absolute Gasteiger partial charge is 0.384 e. The zero-order chi connectivity index (χ0) is 13.5. The SMILES string of the molecule is Cc1ccc(NCCSCc2ccc(Cl)cc2)cc1. The minimum absolute atomic E-state index is 0.801. The smallest absolute Gasteiger partial charge is 0.0406 e. The van der Waals surface area contributed by atoms with Crippen LogP contribution in [-0.4, -0.2) is 12.3 Å². The zero-order valence-electron chi connectivity index (χ0n) is 11.0. The van der Waals surface area contributed by atoms with Gasteiger partial charge < -0.3 is 5.32 Å². The van der Waals surface area contributed by atoms with E-state index in [-0.39, 0.29) is 0 Å². The highest BCUT2D eigenvalue weighted by atomic mass is 35.5. The summed E-state index contributed by atoms with van der Waals surface area (Å²) in [7, 11) is 0. The lowest BCUT2D eigenvalue weighted by Crippen LogP contribution is -2.04. The third-order valence-corrected chi connectivity index (χ3v) is 4.09. The van der Waals surface area contributed by atoms with Crippen molar-refractivity contribution in [3.63, 3.8) is 0 Å². The molecule has 0 aliphatic heterocycles. The maximum absolute atomic E-state index is 5.86. The van der Waals surface area contributed by atoms with Gasteiger partial charge in [-0.3, -0.25) is 0 Å². The minimum Gasteiger partial charge on any atom is -0.384 e. The first-order valence-electron chi connectivity index (χ1n) is 6.37. The van der Waals surface area contributed by atoms with E-state index in [1.807, 2.05) is 23.9 Å². The predicted octanol–water partition coefficient (Wildman–Crippen LogP) is 4.99. The van der Waals surface area contributed by atoms with E-state index in [1.54, 1.807) is 0 Å². The Morgan fingerprint density at radius 3 is 2.37 bits per heavy atom. The van der Waals surface area contributed by atoms with E-state index in [4.69, 9.17) is 11.6 Å². The normalized spacial score (nSPS) is 10.4. The first kappa shape index (κ1) is 14.3. The Morgan fingerprint density at radius 1 is 1.00 bits per heavy atom. The van der Waals surface area contributed by atoms with Crippen molar-refractivity contribution < 1.29 is 0 Å². The van der Waals surface area contributed by atoms with Crippen LogP contribution in [0, 0.1) is 6.92 Å². The summed E-state index contributed by atoms with van der Waals surface area (Å²) in [5, 5.41) is 4.23. The fourth-order valence-electron chi connectivity index (χ4n) is 1.71. The van der Waals surface area contributed by atoms with E-state index in [0.29, 0.717) is 0 Å². The number of benzene rings is 2. The molecule has 0 aromatic heterocycles. The fourth-order valence-corrected chi connectivity index (χ4v) is 2.65. The van der Waals surface area contributed by atoms with Gasteiger partial charge in [0.05, 0.1) is 0 Å². The molecule has 0 saturated carbocycles. The van der Waals surface area contributed by atoms with E-state index in [0.717, 1.165) is 23.1 Å². The fraction of sp³-hybridized carbons (Fsp3) is 0.250. The highest BCUT2D eigenvalue weighted by molar-refractivity contribution is 7.98. The molecule has 0 amide bonds. The lowest BCUT2D eigenvalue weighted by molar-refractivity contribution is 1.22. The molecule has 0 aliphatic carbocycles. The lowest BCUT2D eigenvalue weighted by atomic mass is 10.2. The summed E-state index contributed by atoms with van der Waals surface area (Å²) in [6.45, 7) is 3.09. The van der Waals surface area contributed by atoms with Gasteiger partial charge in [0.25, 0.3) is 0 Å². The summed E-state index contributed by atoms with van der Waals surface area (Å²) in [5.74, 6) is 2.13. The van der Waals surface area contributed by atoms with Crippen LogP contribution >= 0.6 is 23.4 Å². The van der Waals surface area contributed by atoms with E-state index in [2.05, 4.69) is 48.6 Å². The van der Waals surface area contributed by atoms with Crippen LogP contribution in [-0.2, 0) is 5.75 Å². The van der Waals surface area contributed by atoms with Crippen LogP contribution in [0.3, 0.4) is 0 Å². The Morgan fingerprint density at radius 2 is 1.68 bits per heavy atom. The van der Waals surface area contributed by atoms with Crippen molar-refractivity contribution in [2.45, 2.75) is 12.7 Å². The molecule has 2 aromatic carbocycles. The van der Waals surface area contributed by atoms with Gasteiger partial charge in [0.15, 0.2) is 0 Å². The van der Waals surface area contributed by atoms with Crippen molar-refractivity contribution in [2.24, 2.45) is 0 Å². The van der Waals surface area contributed by atoms with Gasteiger partial charge >= 0.3 is 0 Å². The Hall–Kier alpha value is -1.12. The number of thioether (sulfide) groups is 1. The monoisotopic (exact) mass is 291 g/mol. The number of aryl methyl sites for hydroxylation is 1. The lowest BCUT2D eigenvalue weighted by Gasteiger charge is -2.06. The number of nitrogens with one attached hydrogen (secondary N) is 1. The van der Waals surface area contributed by atoms with Crippen molar-refractivity contribution in [2.75, 3.05) is 17.6 Å². The van der Waals surface area contributed by atoms with E-state index in [9.17, 15) is 0 Å². The molecule has 0 radical (unpaired) electrons. The molecule has 100 valence electrons. The summed E-state index contributed by atoms with van der Waals surface area (Å²) in [5.41, 5.74) is 3.81. The molecule has 0 unspecified atom stereocenters. The van der Waals surface area contributed by atoms with Gasteiger partial charge in [-0.05, 0) is 36.8 Å². The highest BCUT2D eigenvalue weighted by Gasteiger charge is 1.95. The molecular weight excluding hydrogens is 274 g/mol. The second-order valence-corrected chi connectivity index (χ2v) is 6.01. The molecule has 3 heteroatoms. The van der Waals surface area contributed by atoms with E-state index < -0.39 is 0 Å². The van der Waals surface area contributed by atoms with E-state index in [1.165, 1.54) is 16.8 Å². The minimum atomic E-state index is 0.801. The molecule has 2 rings (SSSR count). The number of hydrogen-bond donors (Lipinski definition) is 1. The number of halogens is 1. The number of hydrogen-bond acceptors (Lipinski definition) is 2. The van der Waals surface area contributed by atoms with Crippen LogP contribution in [0.15, 0.2) is 48.5 Å². The van der Waals surface area contributed by atoms with Crippen molar-refractivity contribution in [1.82, 2.24) is 0 Å². The molecule has 2 aromatic rings. The third-order valence-electron chi connectivity index (χ3n) is 2.81. The van der Waals surface area contributed by atoms with Crippen molar-refractivity contribution in [1.29, 1.82) is 0 Å². The standard InChI is InChI=1S/C16H18ClNS/c1-13-2-8-16(9-3-13)18-10-11-19-12-14-4-6-15(17)7-5-14/h2-9,18H,10-12H2,1H3. The van der Waals surface area contributed by atoms with Crippen LogP contribution in [0.2, 0.25) is 5.02 Å². The molecular formula is C16H18ClNS. The highest BCUT2D eigenvalue weighted by Crippen LogP contribution is 2.15. The topological polar surface area (TPSA) is 12.0 Å². The molecule has 0 bridgehead atoms. The number of rotatable bonds is 6. The Kier molecular flexibility index (Phi) is 5.62. The molecule has 19 heavy (non-hydrogen) atoms. The summed E-state index contributed by atoms with van der Waals surface area (Å²) in [6, 6.07) is 16.6. The van der Waals surface area contributed by atoms with Gasteiger partial charge in [-0.25, -0.2) is 0 Å². The van der Waals surface area contributed by atoms with Crippen molar-refractivity contribution in [3.05, 3.63) is 64.7 Å². The van der Waals surface area contributed by atoms with Crippen molar-refractivity contribution >= 4 is 29.1 Å². The Bertz CT molecular complexity index is 446. The number of anilines is 1. The first-order valence-corrected chi connectivity index (χ1v) is 7.90. The van der Waals surface area contributed by atoms with Gasteiger partial charge in [-0.2, -0.15) is 11.8 Å².